The van der Waals surface area contributed by atoms with Crippen LogP contribution in [0.5, 0.6) is 5.75 Å². The molecule has 246 valence electrons. The van der Waals surface area contributed by atoms with Gasteiger partial charge in [-0.3, -0.25) is 29.4 Å². The van der Waals surface area contributed by atoms with Crippen LogP contribution in [0.3, 0.4) is 0 Å². The highest BCUT2D eigenvalue weighted by Gasteiger charge is 2.16. The van der Waals surface area contributed by atoms with Gasteiger partial charge in [-0.2, -0.15) is 8.42 Å². The lowest BCUT2D eigenvalue weighted by Crippen LogP contribution is -2.39. The Bertz CT molecular complexity index is 1320. The Morgan fingerprint density at radius 3 is 2.25 bits per heavy atom. The molecule has 0 aliphatic heterocycles. The quantitative estimate of drug-likeness (QED) is 0.0447. The molecule has 0 atom stereocenters. The number of benzene rings is 1. The maximum Gasteiger partial charge on any atom is 0.280 e. The van der Waals surface area contributed by atoms with Crippen LogP contribution in [-0.2, 0) is 21.3 Å². The molecule has 11 N–H and O–H groups in total. The van der Waals surface area contributed by atoms with Crippen molar-refractivity contribution in [2.75, 3.05) is 70.3 Å². The van der Waals surface area contributed by atoms with Crippen molar-refractivity contribution >= 4 is 51.1 Å². The second-order valence-electron chi connectivity index (χ2n) is 9.12. The number of carbonyl (C=O) groups is 2. The number of hydrogen-bond acceptors (Lipinski definition) is 13. The van der Waals surface area contributed by atoms with Crippen LogP contribution in [0, 0.1) is 0 Å². The summed E-state index contributed by atoms with van der Waals surface area (Å²) in [7, 11) is -3.67. The molecule has 0 spiro atoms. The highest BCUT2D eigenvalue weighted by Crippen LogP contribution is 2.17. The smallest absolute Gasteiger partial charge is 0.280 e. The second-order valence-corrected chi connectivity index (χ2v) is 10.9. The Labute approximate surface area is 260 Å². The zero-order valence-electron chi connectivity index (χ0n) is 24.3. The van der Waals surface area contributed by atoms with Gasteiger partial charge in [0.15, 0.2) is 35.0 Å². The third-order valence-corrected chi connectivity index (χ3v) is 5.67. The minimum atomic E-state index is -3.67. The third-order valence-electron chi connectivity index (χ3n) is 5.39. The van der Waals surface area contributed by atoms with Crippen molar-refractivity contribution in [3.8, 4) is 5.75 Å². The Morgan fingerprint density at radius 2 is 1.66 bits per heavy atom. The number of amides is 2. The van der Waals surface area contributed by atoms with Gasteiger partial charge in [0.1, 0.15) is 5.75 Å². The average molecular weight is 662 g/mol. The fourth-order valence-corrected chi connectivity index (χ4v) is 3.51. The number of nitrogens with zero attached hydrogens (tertiary/aromatic N) is 4. The van der Waals surface area contributed by atoms with E-state index >= 15 is 0 Å². The summed E-state index contributed by atoms with van der Waals surface area (Å²) in [6.45, 7) is 2.07. The maximum absolute atomic E-state index is 12.2. The normalized spacial score (nSPS) is 11.5. The van der Waals surface area contributed by atoms with E-state index in [0.717, 1.165) is 24.8 Å². The van der Waals surface area contributed by atoms with Gasteiger partial charge in [-0.1, -0.05) is 23.7 Å². The van der Waals surface area contributed by atoms with Crippen molar-refractivity contribution in [2.45, 2.75) is 19.3 Å². The molecule has 1 aromatic heterocycles. The van der Waals surface area contributed by atoms with Gasteiger partial charge >= 0.3 is 0 Å². The fourth-order valence-electron chi connectivity index (χ4n) is 3.39. The zero-order chi connectivity index (χ0) is 33.1. The van der Waals surface area contributed by atoms with Crippen LogP contribution in [0.25, 0.3) is 0 Å². The summed E-state index contributed by atoms with van der Waals surface area (Å²) >= 11 is 5.78. The van der Waals surface area contributed by atoms with Gasteiger partial charge in [-0.25, -0.2) is 9.97 Å². The van der Waals surface area contributed by atoms with E-state index in [0.29, 0.717) is 44.7 Å². The Balaban J connectivity index is 0.00000178. The summed E-state index contributed by atoms with van der Waals surface area (Å²) in [5.74, 6) is -0.683. The number of guanidine groups is 1. The lowest BCUT2D eigenvalue weighted by Gasteiger charge is -2.20. The van der Waals surface area contributed by atoms with Crippen LogP contribution in [0.4, 0.5) is 11.6 Å². The van der Waals surface area contributed by atoms with Gasteiger partial charge in [-0.05, 0) is 37.0 Å². The first-order valence-corrected chi connectivity index (χ1v) is 15.5. The molecule has 2 rings (SSSR count). The number of aryl methyl sites for hydroxylation is 1. The Hall–Kier alpha value is -3.81. The van der Waals surface area contributed by atoms with E-state index in [1.165, 1.54) is 0 Å². The zero-order valence-corrected chi connectivity index (χ0v) is 25.9. The van der Waals surface area contributed by atoms with Crippen LogP contribution in [0.1, 0.15) is 28.9 Å². The van der Waals surface area contributed by atoms with Gasteiger partial charge in [0, 0.05) is 32.7 Å². The molecule has 2 aromatic rings. The number of nitrogen functional groups attached to an aromatic ring is 2. The maximum atomic E-state index is 12.2. The van der Waals surface area contributed by atoms with Crippen LogP contribution in [0.15, 0.2) is 29.3 Å². The van der Waals surface area contributed by atoms with Gasteiger partial charge < -0.3 is 37.5 Å². The van der Waals surface area contributed by atoms with Gasteiger partial charge in [0.25, 0.3) is 21.9 Å². The van der Waals surface area contributed by atoms with E-state index in [1.807, 2.05) is 17.0 Å². The highest BCUT2D eigenvalue weighted by molar-refractivity contribution is 7.85. The molecule has 0 aliphatic rings. The van der Waals surface area contributed by atoms with Crippen LogP contribution >= 0.6 is 11.6 Å². The lowest BCUT2D eigenvalue weighted by molar-refractivity contribution is -0.123. The molecule has 0 saturated heterocycles. The molecule has 0 fully saturated rings. The first-order valence-electron chi connectivity index (χ1n) is 13.3. The predicted octanol–water partition coefficient (Wildman–Crippen LogP) is -1.35. The van der Waals surface area contributed by atoms with Crippen LogP contribution < -0.4 is 32.6 Å². The molecule has 17 nitrogen and oxygen atoms in total. The number of aliphatic imine (C=N–C) groups is 1. The number of unbranched alkanes of at least 4 members (excludes halogenated alkanes) is 1. The van der Waals surface area contributed by atoms with Crippen molar-refractivity contribution in [2.24, 2.45) is 10.7 Å². The first kappa shape index (κ1) is 38.2. The van der Waals surface area contributed by atoms with Gasteiger partial charge in [0.05, 0.1) is 19.5 Å². The van der Waals surface area contributed by atoms with E-state index in [9.17, 15) is 18.0 Å². The van der Waals surface area contributed by atoms with E-state index in [4.69, 9.17) is 48.3 Å². The number of nitrogens with two attached hydrogens (primary N) is 3. The molecule has 2 amide bonds. The second kappa shape index (κ2) is 20.2. The first-order chi connectivity index (χ1) is 20.7. The van der Waals surface area contributed by atoms with E-state index in [2.05, 4.69) is 25.6 Å². The molecule has 1 heterocycles. The largest absolute Gasteiger partial charge is 0.484 e. The van der Waals surface area contributed by atoms with E-state index in [1.54, 1.807) is 12.1 Å². The predicted molar refractivity (Wildman–Crippen MR) is 166 cm³/mol. The number of aliphatic hydroxyl groups excluding tert-OH is 2. The summed E-state index contributed by atoms with van der Waals surface area (Å²) in [4.78, 5) is 37.8. The summed E-state index contributed by atoms with van der Waals surface area (Å²) in [5.41, 5.74) is 17.8. The summed E-state index contributed by atoms with van der Waals surface area (Å²) in [6, 6.07) is 7.46. The van der Waals surface area contributed by atoms with Crippen LogP contribution in [0.2, 0.25) is 5.15 Å². The van der Waals surface area contributed by atoms with Crippen molar-refractivity contribution in [1.82, 2.24) is 25.5 Å². The summed E-state index contributed by atoms with van der Waals surface area (Å²) in [6.07, 6.45) is 3.09. The number of aliphatic hydroxyl groups is 2. The molecule has 0 radical (unpaired) electrons. The number of hydrogen-bond donors (Lipinski definition) is 8. The standard InChI is InChI=1S/C24H36ClN9O5.CH4O3S/c25-20-22(27)32-21(26)19(31-20)23(38)33-24(28)30-8-2-1-3-16-4-6-17(7-5-16)39-15-18(37)29-9-10-34(11-13-35)12-14-36;1-5(2,3)4/h4-7,35-36H,1-3,8-15H2,(H,29,37)(H4,26,27,32)(H3,28,30,33,38);1H3,(H,2,3,4). The molecular weight excluding hydrogens is 622 g/mol. The van der Waals surface area contributed by atoms with Crippen molar-refractivity contribution < 1.29 is 37.5 Å². The SMILES string of the molecule is CS(=O)(=O)O.NC(=NCCCCc1ccc(OCC(=O)NCCN(CCO)CCO)cc1)NC(=O)c1nc(Cl)c(N)nc1N. The molecule has 0 bridgehead atoms. The molecule has 1 aromatic carbocycles. The molecular formula is C25H40ClN9O8S. The van der Waals surface area contributed by atoms with Crippen LogP contribution in [-0.4, -0.2) is 115 Å². The Morgan fingerprint density at radius 1 is 1.05 bits per heavy atom. The number of rotatable bonds is 16. The van der Waals surface area contributed by atoms with Crippen molar-refractivity contribution in [1.29, 1.82) is 0 Å². The van der Waals surface area contributed by atoms with E-state index < -0.39 is 16.0 Å². The lowest BCUT2D eigenvalue weighted by atomic mass is 10.1. The third kappa shape index (κ3) is 17.3. The van der Waals surface area contributed by atoms with Gasteiger partial charge in [-0.15, -0.1) is 0 Å². The molecule has 0 aliphatic carbocycles. The van der Waals surface area contributed by atoms with E-state index in [-0.39, 0.29) is 54.2 Å². The molecule has 0 unspecified atom stereocenters. The number of aromatic nitrogens is 2. The average Bonchev–Trinajstić information content (AvgIpc) is 2.93. The molecule has 19 heteroatoms. The minimum Gasteiger partial charge on any atom is -0.484 e. The fraction of sp³-hybridized carbons (Fsp3) is 0.480. The van der Waals surface area contributed by atoms with Crippen molar-refractivity contribution in [3.05, 3.63) is 40.7 Å². The number of ether oxygens (including phenoxy) is 1. The summed E-state index contributed by atoms with van der Waals surface area (Å²) < 4.78 is 31.4. The van der Waals surface area contributed by atoms with Crippen molar-refractivity contribution in [3.63, 3.8) is 0 Å². The minimum absolute atomic E-state index is 0.00968. The van der Waals surface area contributed by atoms with Gasteiger partial charge in [0.2, 0.25) is 0 Å². The number of carbonyl (C=O) groups excluding carboxylic acids is 2. The monoisotopic (exact) mass is 661 g/mol. The number of halogens is 1. The number of anilines is 2. The Kier molecular flexibility index (Phi) is 17.5. The highest BCUT2D eigenvalue weighted by atomic mass is 35.5. The number of nitrogens with one attached hydrogen (secondary N) is 2. The topological polar surface area (TPSA) is 282 Å². The molecule has 0 saturated carbocycles. The summed E-state index contributed by atoms with van der Waals surface area (Å²) in [5, 5.41) is 23.0. The molecule has 44 heavy (non-hydrogen) atoms.